The second kappa shape index (κ2) is 19.2. The molecule has 0 amide bonds. The van der Waals surface area contributed by atoms with E-state index in [1.54, 1.807) is 0 Å². The van der Waals surface area contributed by atoms with Crippen molar-refractivity contribution in [2.75, 3.05) is 25.1 Å². The minimum Gasteiger partial charge on any atom is -0.485 e. The van der Waals surface area contributed by atoms with Crippen molar-refractivity contribution in [3.8, 4) is 11.5 Å². The fraction of sp³-hybridized carbons (Fsp3) is 0.583. The number of anilines is 1. The summed E-state index contributed by atoms with van der Waals surface area (Å²) in [6.07, 6.45) is 17.7. The third-order valence-corrected chi connectivity index (χ3v) is 7.23. The van der Waals surface area contributed by atoms with E-state index in [-0.39, 0.29) is 5.56 Å². The first-order valence-corrected chi connectivity index (χ1v) is 15.9. The van der Waals surface area contributed by atoms with Crippen molar-refractivity contribution in [3.05, 3.63) is 63.5 Å². The number of aryl methyl sites for hydroxylation is 1. The Morgan fingerprint density at radius 3 is 2.24 bits per heavy atom. The predicted molar refractivity (Wildman–Crippen MR) is 178 cm³/mol. The molecule has 1 heterocycles. The molecule has 0 aliphatic carbocycles. The summed E-state index contributed by atoms with van der Waals surface area (Å²) in [5, 5.41) is 4.45. The van der Waals surface area contributed by atoms with Gasteiger partial charge in [0.2, 0.25) is 5.75 Å². The van der Waals surface area contributed by atoms with Gasteiger partial charge in [0.1, 0.15) is 6.61 Å². The van der Waals surface area contributed by atoms with E-state index in [9.17, 15) is 4.79 Å². The Hall–Kier alpha value is -2.95. The molecule has 1 aromatic heterocycles. The summed E-state index contributed by atoms with van der Waals surface area (Å²) in [5.74, 6) is 0.905. The number of fused-ring (bicyclic) bond motifs is 1. The molecular formula is C36H56N2O3. The van der Waals surface area contributed by atoms with Gasteiger partial charge in [0.15, 0.2) is 5.75 Å². The smallest absolute Gasteiger partial charge is 0.297 e. The minimum atomic E-state index is -0.101. The first kappa shape index (κ1) is 34.3. The van der Waals surface area contributed by atoms with Crippen LogP contribution in [0.25, 0.3) is 10.9 Å². The molecule has 228 valence electrons. The molecule has 41 heavy (non-hydrogen) atoms. The zero-order chi connectivity index (χ0) is 30.0. The first-order chi connectivity index (χ1) is 19.8. The van der Waals surface area contributed by atoms with Crippen LogP contribution in [0.1, 0.15) is 113 Å². The van der Waals surface area contributed by atoms with Gasteiger partial charge in [-0.1, -0.05) is 81.2 Å². The molecule has 0 atom stereocenters. The number of benzene rings is 1. The lowest BCUT2D eigenvalue weighted by atomic mass is 10.1. The van der Waals surface area contributed by atoms with Gasteiger partial charge in [0.05, 0.1) is 12.1 Å². The number of hydrogen-bond donors (Lipinski definition) is 1. The number of unbranched alkanes of at least 4 members (excludes halogenated alkanes) is 6. The Labute approximate surface area is 249 Å². The summed E-state index contributed by atoms with van der Waals surface area (Å²) in [6, 6.07) is 6.24. The number of nitrogens with zero attached hydrogens (tertiary/aromatic N) is 1. The van der Waals surface area contributed by atoms with Crippen molar-refractivity contribution < 1.29 is 9.47 Å². The Bertz CT molecular complexity index is 1210. The zero-order valence-corrected chi connectivity index (χ0v) is 27.0. The van der Waals surface area contributed by atoms with Crippen LogP contribution in [0.3, 0.4) is 0 Å². The lowest BCUT2D eigenvalue weighted by Gasteiger charge is -2.19. The van der Waals surface area contributed by atoms with E-state index in [1.165, 1.54) is 42.4 Å². The summed E-state index contributed by atoms with van der Waals surface area (Å²) in [4.78, 5) is 13.9. The zero-order valence-electron chi connectivity index (χ0n) is 27.0. The summed E-state index contributed by atoms with van der Waals surface area (Å²) < 4.78 is 14.4. The Morgan fingerprint density at radius 1 is 0.829 bits per heavy atom. The standard InChI is InChI=1S/C36H56N2O3/c1-8-10-12-13-14-15-25-40-35-34(41-26-22-29(5)6)32-20-19-31(27-33(32)38(36(35)39)24-11-9-2)37-23-21-30(7)18-16-17-28(3)4/h17,19-22,27,37H,8-16,18,23-26H2,1-7H3/b30-21+. The van der Waals surface area contributed by atoms with E-state index in [0.717, 1.165) is 61.7 Å². The number of allylic oxidation sites excluding steroid dienone is 4. The summed E-state index contributed by atoms with van der Waals surface area (Å²) in [6.45, 7) is 17.3. The van der Waals surface area contributed by atoms with Gasteiger partial charge in [-0.2, -0.15) is 0 Å². The molecule has 0 bridgehead atoms. The molecule has 0 saturated heterocycles. The van der Waals surface area contributed by atoms with E-state index in [1.807, 2.05) is 10.6 Å². The predicted octanol–water partition coefficient (Wildman–Crippen LogP) is 9.99. The van der Waals surface area contributed by atoms with E-state index >= 15 is 0 Å². The molecule has 1 N–H and O–H groups in total. The summed E-state index contributed by atoms with van der Waals surface area (Å²) >= 11 is 0. The molecular weight excluding hydrogens is 508 g/mol. The molecule has 0 aliphatic heterocycles. The number of hydrogen-bond acceptors (Lipinski definition) is 4. The summed E-state index contributed by atoms with van der Waals surface area (Å²) in [5.41, 5.74) is 5.69. The highest BCUT2D eigenvalue weighted by atomic mass is 16.5. The SMILES string of the molecule is CCCCCCCCOc1c(OCC=C(C)C)c2ccc(NC/C=C(\C)CCC=C(C)C)cc2n(CCCC)c1=O. The highest BCUT2D eigenvalue weighted by molar-refractivity contribution is 5.90. The van der Waals surface area contributed by atoms with Crippen LogP contribution in [0.15, 0.2) is 57.9 Å². The van der Waals surface area contributed by atoms with Crippen LogP contribution < -0.4 is 20.3 Å². The van der Waals surface area contributed by atoms with Gasteiger partial charge in [0, 0.05) is 24.2 Å². The van der Waals surface area contributed by atoms with Gasteiger partial charge in [-0.25, -0.2) is 0 Å². The maximum atomic E-state index is 13.9. The van der Waals surface area contributed by atoms with Gasteiger partial charge in [-0.3, -0.25) is 4.79 Å². The van der Waals surface area contributed by atoms with Crippen LogP contribution in [0, 0.1) is 0 Å². The summed E-state index contributed by atoms with van der Waals surface area (Å²) in [7, 11) is 0. The highest BCUT2D eigenvalue weighted by Crippen LogP contribution is 2.35. The molecule has 5 heteroatoms. The fourth-order valence-electron chi connectivity index (χ4n) is 4.70. The number of pyridine rings is 1. The molecule has 1 aromatic carbocycles. The molecule has 2 rings (SSSR count). The molecule has 0 radical (unpaired) electrons. The first-order valence-electron chi connectivity index (χ1n) is 15.9. The molecule has 0 aliphatic rings. The van der Waals surface area contributed by atoms with Gasteiger partial charge in [0.25, 0.3) is 5.56 Å². The van der Waals surface area contributed by atoms with Crippen LogP contribution in [0.2, 0.25) is 0 Å². The quantitative estimate of drug-likeness (QED) is 0.128. The van der Waals surface area contributed by atoms with Gasteiger partial charge < -0.3 is 19.4 Å². The van der Waals surface area contributed by atoms with Crippen LogP contribution >= 0.6 is 0 Å². The van der Waals surface area contributed by atoms with E-state index in [0.29, 0.717) is 31.3 Å². The average molecular weight is 565 g/mol. The van der Waals surface area contributed by atoms with Crippen molar-refractivity contribution in [3.63, 3.8) is 0 Å². The van der Waals surface area contributed by atoms with Gasteiger partial charge in [-0.15, -0.1) is 0 Å². The maximum Gasteiger partial charge on any atom is 0.297 e. The largest absolute Gasteiger partial charge is 0.485 e. The van der Waals surface area contributed by atoms with Crippen LogP contribution in [0.5, 0.6) is 11.5 Å². The van der Waals surface area contributed by atoms with Crippen LogP contribution in [-0.4, -0.2) is 24.3 Å². The van der Waals surface area contributed by atoms with E-state index in [4.69, 9.17) is 9.47 Å². The average Bonchev–Trinajstić information content (AvgIpc) is 2.93. The number of aromatic nitrogens is 1. The maximum absolute atomic E-state index is 13.9. The van der Waals surface area contributed by atoms with Crippen molar-refractivity contribution in [2.45, 2.75) is 119 Å². The lowest BCUT2D eigenvalue weighted by Crippen LogP contribution is -2.24. The molecule has 2 aromatic rings. The second-order valence-electron chi connectivity index (χ2n) is 11.7. The number of nitrogens with one attached hydrogen (secondary N) is 1. The van der Waals surface area contributed by atoms with Crippen LogP contribution in [-0.2, 0) is 6.54 Å². The molecule has 0 fully saturated rings. The lowest BCUT2D eigenvalue weighted by molar-refractivity contribution is 0.272. The molecule has 0 spiro atoms. The van der Waals surface area contributed by atoms with E-state index in [2.05, 4.69) is 84.1 Å². The van der Waals surface area contributed by atoms with Crippen molar-refractivity contribution in [2.24, 2.45) is 0 Å². The van der Waals surface area contributed by atoms with Crippen LogP contribution in [0.4, 0.5) is 5.69 Å². The van der Waals surface area contributed by atoms with Gasteiger partial charge in [-0.05, 0) is 84.6 Å². The normalized spacial score (nSPS) is 11.4. The van der Waals surface area contributed by atoms with Crippen molar-refractivity contribution in [1.29, 1.82) is 0 Å². The number of ether oxygens (including phenoxy) is 2. The fourth-order valence-corrected chi connectivity index (χ4v) is 4.70. The Kier molecular flexibility index (Phi) is 16.1. The molecule has 0 unspecified atom stereocenters. The number of rotatable bonds is 20. The Balaban J connectivity index is 2.37. The Morgan fingerprint density at radius 2 is 1.54 bits per heavy atom. The third kappa shape index (κ3) is 12.2. The third-order valence-electron chi connectivity index (χ3n) is 7.23. The topological polar surface area (TPSA) is 52.5 Å². The van der Waals surface area contributed by atoms with Crippen molar-refractivity contribution >= 4 is 16.6 Å². The van der Waals surface area contributed by atoms with Crippen molar-refractivity contribution in [1.82, 2.24) is 4.57 Å². The minimum absolute atomic E-state index is 0.101. The second-order valence-corrected chi connectivity index (χ2v) is 11.7. The van der Waals surface area contributed by atoms with Gasteiger partial charge >= 0.3 is 0 Å². The molecule has 0 saturated carbocycles. The highest BCUT2D eigenvalue weighted by Gasteiger charge is 2.20. The monoisotopic (exact) mass is 564 g/mol. The van der Waals surface area contributed by atoms with E-state index < -0.39 is 0 Å². The molecule has 5 nitrogen and oxygen atoms in total.